The number of carboxylic acid groups (broad SMARTS) is 1. The largest absolute Gasteiger partial charge is 0.481 e. The van der Waals surface area contributed by atoms with Crippen LogP contribution < -0.4 is 0 Å². The Balaban J connectivity index is 2.51. The molecule has 0 heterocycles. The predicted molar refractivity (Wildman–Crippen MR) is 68.4 cm³/mol. The second kappa shape index (κ2) is 4.71. The number of carbonyl (C=O) groups is 1. The molecule has 0 spiro atoms. The maximum atomic E-state index is 13.7. The van der Waals surface area contributed by atoms with Crippen LogP contribution in [0.2, 0.25) is 0 Å². The van der Waals surface area contributed by atoms with E-state index < -0.39 is 5.97 Å². The minimum Gasteiger partial charge on any atom is -0.481 e. The van der Waals surface area contributed by atoms with Crippen LogP contribution in [0.25, 0.3) is 0 Å². The molecule has 0 amide bonds. The van der Waals surface area contributed by atoms with Crippen LogP contribution in [0.1, 0.15) is 55.7 Å². The molecule has 0 saturated heterocycles. The van der Waals surface area contributed by atoms with E-state index in [1.54, 1.807) is 0 Å². The number of rotatable bonds is 4. The molecule has 2 rings (SSSR count). The summed E-state index contributed by atoms with van der Waals surface area (Å²) in [5.41, 5.74) is 2.58. The zero-order valence-corrected chi connectivity index (χ0v) is 11.0. The molecule has 1 N–H and O–H groups in total. The first-order valence-electron chi connectivity index (χ1n) is 6.44. The maximum absolute atomic E-state index is 13.7. The van der Waals surface area contributed by atoms with E-state index >= 15 is 0 Å². The van der Waals surface area contributed by atoms with E-state index in [1.165, 1.54) is 12.1 Å². The summed E-state index contributed by atoms with van der Waals surface area (Å²) in [6.45, 7) is 6.07. The molecular weight excluding hydrogens is 231 g/mol. The van der Waals surface area contributed by atoms with Gasteiger partial charge in [0.15, 0.2) is 0 Å². The summed E-state index contributed by atoms with van der Waals surface area (Å²) in [7, 11) is 0. The van der Waals surface area contributed by atoms with Crippen molar-refractivity contribution in [2.75, 3.05) is 0 Å². The van der Waals surface area contributed by atoms with Crippen molar-refractivity contribution in [3.63, 3.8) is 0 Å². The third-order valence-corrected chi connectivity index (χ3v) is 3.74. The van der Waals surface area contributed by atoms with Gasteiger partial charge in [0.25, 0.3) is 0 Å². The molecule has 1 aromatic carbocycles. The number of benzene rings is 1. The maximum Gasteiger partial charge on any atom is 0.307 e. The summed E-state index contributed by atoms with van der Waals surface area (Å²) in [5, 5.41) is 9.04. The van der Waals surface area contributed by atoms with Crippen LogP contribution in [0.5, 0.6) is 0 Å². The Morgan fingerprint density at radius 2 is 2.11 bits per heavy atom. The average molecular weight is 250 g/mol. The highest BCUT2D eigenvalue weighted by atomic mass is 19.1. The molecule has 1 saturated carbocycles. The van der Waals surface area contributed by atoms with E-state index in [1.807, 2.05) is 13.8 Å². The average Bonchev–Trinajstić information content (AvgIpc) is 2.96. The van der Waals surface area contributed by atoms with Gasteiger partial charge in [-0.05, 0) is 53.0 Å². The van der Waals surface area contributed by atoms with E-state index in [-0.39, 0.29) is 18.2 Å². The Morgan fingerprint density at radius 1 is 1.50 bits per heavy atom. The molecule has 1 aliphatic carbocycles. The van der Waals surface area contributed by atoms with Gasteiger partial charge in [-0.2, -0.15) is 0 Å². The first kappa shape index (κ1) is 13.1. The van der Waals surface area contributed by atoms with Crippen LogP contribution in [0, 0.1) is 11.7 Å². The number of carboxylic acids is 1. The van der Waals surface area contributed by atoms with Crippen molar-refractivity contribution in [3.05, 3.63) is 34.6 Å². The fourth-order valence-corrected chi connectivity index (χ4v) is 2.64. The van der Waals surface area contributed by atoms with E-state index in [9.17, 15) is 9.18 Å². The molecule has 0 aromatic heterocycles. The van der Waals surface area contributed by atoms with Crippen molar-refractivity contribution in [2.24, 2.45) is 5.92 Å². The molecule has 2 atom stereocenters. The Morgan fingerprint density at radius 3 is 2.56 bits per heavy atom. The van der Waals surface area contributed by atoms with Crippen LogP contribution in [0.4, 0.5) is 4.39 Å². The SMILES string of the molecule is CC(C)c1cc(F)cc(C2C[C@@H]2C)c1CC(=O)O. The van der Waals surface area contributed by atoms with Gasteiger partial charge in [-0.1, -0.05) is 20.8 Å². The van der Waals surface area contributed by atoms with E-state index in [2.05, 4.69) is 6.92 Å². The van der Waals surface area contributed by atoms with Crippen LogP contribution in [-0.2, 0) is 11.2 Å². The highest BCUT2D eigenvalue weighted by Crippen LogP contribution is 2.49. The quantitative estimate of drug-likeness (QED) is 0.884. The molecule has 3 heteroatoms. The Bertz CT molecular complexity index is 480. The van der Waals surface area contributed by atoms with Crippen molar-refractivity contribution in [1.82, 2.24) is 0 Å². The van der Waals surface area contributed by atoms with Gasteiger partial charge in [-0.3, -0.25) is 4.79 Å². The van der Waals surface area contributed by atoms with E-state index in [4.69, 9.17) is 5.11 Å². The molecular formula is C15H19FO2. The van der Waals surface area contributed by atoms with Crippen molar-refractivity contribution >= 4 is 5.97 Å². The van der Waals surface area contributed by atoms with Gasteiger partial charge in [0, 0.05) is 0 Å². The second-order valence-corrected chi connectivity index (χ2v) is 5.61. The Kier molecular flexibility index (Phi) is 3.42. The zero-order chi connectivity index (χ0) is 13.4. The van der Waals surface area contributed by atoms with Crippen LogP contribution >= 0.6 is 0 Å². The highest BCUT2D eigenvalue weighted by Gasteiger charge is 2.36. The topological polar surface area (TPSA) is 37.3 Å². The molecule has 18 heavy (non-hydrogen) atoms. The molecule has 1 unspecified atom stereocenters. The van der Waals surface area contributed by atoms with Gasteiger partial charge in [0.1, 0.15) is 5.82 Å². The Labute approximate surface area is 107 Å². The predicted octanol–water partition coefficient (Wildman–Crippen LogP) is 3.70. The fourth-order valence-electron chi connectivity index (χ4n) is 2.64. The number of hydrogen-bond acceptors (Lipinski definition) is 1. The monoisotopic (exact) mass is 250 g/mol. The third kappa shape index (κ3) is 2.55. The van der Waals surface area contributed by atoms with Crippen LogP contribution in [0.3, 0.4) is 0 Å². The zero-order valence-electron chi connectivity index (χ0n) is 11.0. The normalized spacial score (nSPS) is 22.3. The molecule has 0 radical (unpaired) electrons. The summed E-state index contributed by atoms with van der Waals surface area (Å²) in [4.78, 5) is 11.0. The van der Waals surface area contributed by atoms with Gasteiger partial charge in [0.2, 0.25) is 0 Å². The number of halogens is 1. The Hall–Kier alpha value is -1.38. The first-order chi connectivity index (χ1) is 8.40. The lowest BCUT2D eigenvalue weighted by Crippen LogP contribution is -2.09. The fraction of sp³-hybridized carbons (Fsp3) is 0.533. The molecule has 2 nitrogen and oxygen atoms in total. The van der Waals surface area contributed by atoms with Gasteiger partial charge >= 0.3 is 5.97 Å². The van der Waals surface area contributed by atoms with Crippen molar-refractivity contribution in [2.45, 2.75) is 45.4 Å². The van der Waals surface area contributed by atoms with Crippen molar-refractivity contribution in [3.8, 4) is 0 Å². The minimum atomic E-state index is -0.849. The molecule has 1 fully saturated rings. The minimum absolute atomic E-state index is 0.00759. The number of aliphatic carboxylic acids is 1. The van der Waals surface area contributed by atoms with Gasteiger partial charge in [0.05, 0.1) is 6.42 Å². The third-order valence-electron chi connectivity index (χ3n) is 3.74. The first-order valence-corrected chi connectivity index (χ1v) is 6.44. The molecule has 0 bridgehead atoms. The molecule has 0 aliphatic heterocycles. The molecule has 1 aliphatic rings. The lowest BCUT2D eigenvalue weighted by atomic mass is 9.89. The summed E-state index contributed by atoms with van der Waals surface area (Å²) in [6.07, 6.45) is 1.03. The second-order valence-electron chi connectivity index (χ2n) is 5.61. The van der Waals surface area contributed by atoms with E-state index in [0.29, 0.717) is 11.8 Å². The van der Waals surface area contributed by atoms with Crippen molar-refractivity contribution < 1.29 is 14.3 Å². The van der Waals surface area contributed by atoms with Crippen molar-refractivity contribution in [1.29, 1.82) is 0 Å². The van der Waals surface area contributed by atoms with Crippen LogP contribution in [-0.4, -0.2) is 11.1 Å². The van der Waals surface area contributed by atoms with Gasteiger partial charge in [-0.25, -0.2) is 4.39 Å². The highest BCUT2D eigenvalue weighted by molar-refractivity contribution is 5.72. The van der Waals surface area contributed by atoms with Gasteiger partial charge < -0.3 is 5.11 Å². The van der Waals surface area contributed by atoms with Gasteiger partial charge in [-0.15, -0.1) is 0 Å². The lowest BCUT2D eigenvalue weighted by molar-refractivity contribution is -0.136. The smallest absolute Gasteiger partial charge is 0.307 e. The van der Waals surface area contributed by atoms with Crippen LogP contribution in [0.15, 0.2) is 12.1 Å². The number of hydrogen-bond donors (Lipinski definition) is 1. The summed E-state index contributed by atoms with van der Waals surface area (Å²) in [5.74, 6) is -0.0743. The lowest BCUT2D eigenvalue weighted by Gasteiger charge is -2.16. The summed E-state index contributed by atoms with van der Waals surface area (Å²) < 4.78 is 13.7. The van der Waals surface area contributed by atoms with E-state index in [0.717, 1.165) is 23.1 Å². The summed E-state index contributed by atoms with van der Waals surface area (Å²) >= 11 is 0. The molecule has 98 valence electrons. The standard InChI is InChI=1S/C15H19FO2/c1-8(2)11-5-10(16)6-13(12-4-9(12)3)14(11)7-15(17)18/h5-6,8-9,12H,4,7H2,1-3H3,(H,17,18)/t9-,12?/m0/s1. The summed E-state index contributed by atoms with van der Waals surface area (Å²) in [6, 6.07) is 3.01. The molecule has 1 aromatic rings.